The average Bonchev–Trinajstić information content (AvgIpc) is 3.03. The number of hydrogen-bond donors (Lipinski definition) is 1. The van der Waals surface area contributed by atoms with Gasteiger partial charge in [0.05, 0.1) is 6.54 Å². The Kier molecular flexibility index (Phi) is 9.35. The van der Waals surface area contributed by atoms with Gasteiger partial charge in [0.15, 0.2) is 0 Å². The lowest BCUT2D eigenvalue weighted by Gasteiger charge is -2.29. The summed E-state index contributed by atoms with van der Waals surface area (Å²) in [6.45, 7) is 2.57. The third kappa shape index (κ3) is 7.63. The number of rotatable bonds is 10. The highest BCUT2D eigenvalue weighted by Gasteiger charge is 2.35. The van der Waals surface area contributed by atoms with E-state index in [-0.39, 0.29) is 25.5 Å². The first kappa shape index (κ1) is 23.7. The minimum absolute atomic E-state index is 0.187. The molecule has 0 spiro atoms. The van der Waals surface area contributed by atoms with E-state index < -0.39 is 35.6 Å². The smallest absolute Gasteiger partial charge is 0.465 e. The quantitative estimate of drug-likeness (QED) is 0.179. The van der Waals surface area contributed by atoms with Gasteiger partial charge in [-0.25, -0.2) is 14.5 Å². The molecule has 1 heterocycles. The van der Waals surface area contributed by atoms with Gasteiger partial charge in [0.25, 0.3) is 11.0 Å². The van der Waals surface area contributed by atoms with Gasteiger partial charge in [0, 0.05) is 13.0 Å². The molecule has 1 fully saturated rings. The molecule has 1 N–H and O–H groups in total. The van der Waals surface area contributed by atoms with Crippen LogP contribution in [-0.4, -0.2) is 76.1 Å². The third-order valence-corrected chi connectivity index (χ3v) is 3.90. The lowest BCUT2D eigenvalue weighted by molar-refractivity contribution is -0.777. The summed E-state index contributed by atoms with van der Waals surface area (Å²) in [5, 5.41) is 18.2. The van der Waals surface area contributed by atoms with Crippen molar-refractivity contribution in [1.29, 1.82) is 0 Å². The number of carbonyl (C=O) groups is 4. The molecule has 0 aliphatic carbocycles. The lowest BCUT2D eigenvalue weighted by atomic mass is 10.1. The number of nitrogens with zero attached hydrogens (tertiary/aromatic N) is 3. The minimum atomic E-state index is -1.48. The van der Waals surface area contributed by atoms with Crippen molar-refractivity contribution in [2.45, 2.75) is 45.4 Å². The van der Waals surface area contributed by atoms with Gasteiger partial charge in [-0.2, -0.15) is 0 Å². The van der Waals surface area contributed by atoms with E-state index in [2.05, 4.69) is 14.3 Å². The second-order valence-electron chi connectivity index (χ2n) is 5.89. The maximum Gasteiger partial charge on any atom is 0.510 e. The van der Waals surface area contributed by atoms with Gasteiger partial charge in [-0.05, 0) is 25.8 Å². The summed E-state index contributed by atoms with van der Waals surface area (Å²) < 4.78 is 9.03. The van der Waals surface area contributed by atoms with Crippen LogP contribution < -0.4 is 0 Å². The number of imide groups is 1. The van der Waals surface area contributed by atoms with Crippen LogP contribution >= 0.6 is 0 Å². The molecule has 0 radical (unpaired) electrons. The molecular weight excluding hydrogens is 394 g/mol. The standard InChI is InChI=1S/C16H23N3O10/c1-3-12(17-9-6-7-13(17)20)14(21)18(15(22)23)8-4-5-10-27-16(24)28-11(2)29-19(25)26/h4-5,11-12H,3,6-10H2,1-2H3,(H,22,23)/t11?,12-/m0/s1. The molecule has 1 aliphatic rings. The average molecular weight is 417 g/mol. The lowest BCUT2D eigenvalue weighted by Crippen LogP contribution is -2.50. The van der Waals surface area contributed by atoms with Crippen LogP contribution in [-0.2, 0) is 23.9 Å². The van der Waals surface area contributed by atoms with Crippen molar-refractivity contribution in [2.75, 3.05) is 19.7 Å². The van der Waals surface area contributed by atoms with E-state index in [4.69, 9.17) is 0 Å². The first-order valence-corrected chi connectivity index (χ1v) is 8.80. The zero-order valence-electron chi connectivity index (χ0n) is 16.0. The van der Waals surface area contributed by atoms with Crippen molar-refractivity contribution in [1.82, 2.24) is 9.80 Å². The van der Waals surface area contributed by atoms with E-state index in [1.807, 2.05) is 0 Å². The van der Waals surface area contributed by atoms with E-state index in [1.54, 1.807) is 6.92 Å². The second kappa shape index (κ2) is 11.5. The SMILES string of the molecule is CC[C@@H](C(=O)N(CC=CCOC(=O)OC(C)O[N+](=O)[O-])C(=O)O)N1CCCC1=O. The summed E-state index contributed by atoms with van der Waals surface area (Å²) in [5.41, 5.74) is 0. The first-order valence-electron chi connectivity index (χ1n) is 8.80. The molecule has 1 saturated heterocycles. The Morgan fingerprint density at radius 3 is 2.59 bits per heavy atom. The maximum absolute atomic E-state index is 12.6. The summed E-state index contributed by atoms with van der Waals surface area (Å²) >= 11 is 0. The van der Waals surface area contributed by atoms with Crippen LogP contribution in [0.2, 0.25) is 0 Å². The molecule has 0 aromatic heterocycles. The van der Waals surface area contributed by atoms with Gasteiger partial charge in [0.1, 0.15) is 12.6 Å². The minimum Gasteiger partial charge on any atom is -0.465 e. The largest absolute Gasteiger partial charge is 0.510 e. The highest BCUT2D eigenvalue weighted by molar-refractivity contribution is 5.96. The fourth-order valence-corrected chi connectivity index (χ4v) is 2.65. The van der Waals surface area contributed by atoms with Crippen molar-refractivity contribution >= 4 is 24.1 Å². The summed E-state index contributed by atoms with van der Waals surface area (Å²) in [5.74, 6) is -0.903. The van der Waals surface area contributed by atoms with Gasteiger partial charge in [0.2, 0.25) is 12.2 Å². The molecule has 0 aromatic carbocycles. The highest BCUT2D eigenvalue weighted by Crippen LogP contribution is 2.18. The molecule has 3 amide bonds. The molecule has 0 bridgehead atoms. The molecule has 2 atom stereocenters. The van der Waals surface area contributed by atoms with Crippen LogP contribution in [0.4, 0.5) is 9.59 Å². The van der Waals surface area contributed by atoms with Crippen molar-refractivity contribution in [3.8, 4) is 0 Å². The predicted molar refractivity (Wildman–Crippen MR) is 93.9 cm³/mol. The first-order chi connectivity index (χ1) is 13.7. The number of ether oxygens (including phenoxy) is 2. The highest BCUT2D eigenvalue weighted by atomic mass is 17.0. The molecule has 13 heteroatoms. The number of amides is 3. The van der Waals surface area contributed by atoms with E-state index >= 15 is 0 Å². The monoisotopic (exact) mass is 417 g/mol. The Morgan fingerprint density at radius 2 is 2.07 bits per heavy atom. The zero-order valence-corrected chi connectivity index (χ0v) is 16.0. The van der Waals surface area contributed by atoms with Gasteiger partial charge in [-0.3, -0.25) is 14.4 Å². The molecular formula is C16H23N3O10. The van der Waals surface area contributed by atoms with Gasteiger partial charge < -0.3 is 19.5 Å². The Morgan fingerprint density at radius 1 is 1.38 bits per heavy atom. The number of carboxylic acid groups (broad SMARTS) is 1. The molecule has 1 aliphatic heterocycles. The Hall–Kier alpha value is -3.38. The molecule has 1 unspecified atom stereocenters. The van der Waals surface area contributed by atoms with Gasteiger partial charge in [-0.15, -0.1) is 10.1 Å². The molecule has 1 rings (SSSR count). The van der Waals surface area contributed by atoms with Crippen LogP contribution in [0.3, 0.4) is 0 Å². The number of carbonyl (C=O) groups excluding carboxylic acids is 3. The van der Waals surface area contributed by atoms with Crippen LogP contribution in [0.1, 0.15) is 33.1 Å². The summed E-state index contributed by atoms with van der Waals surface area (Å²) in [4.78, 5) is 63.1. The van der Waals surface area contributed by atoms with Crippen LogP contribution in [0.25, 0.3) is 0 Å². The Bertz CT molecular complexity index is 665. The van der Waals surface area contributed by atoms with E-state index in [1.165, 1.54) is 17.1 Å². The number of likely N-dealkylation sites (tertiary alicyclic amines) is 1. The predicted octanol–water partition coefficient (Wildman–Crippen LogP) is 1.16. The normalized spacial score (nSPS) is 15.7. The fourth-order valence-electron chi connectivity index (χ4n) is 2.65. The van der Waals surface area contributed by atoms with Crippen LogP contribution in [0, 0.1) is 10.1 Å². The topological polar surface area (TPSA) is 166 Å². The fraction of sp³-hybridized carbons (Fsp3) is 0.625. The summed E-state index contributed by atoms with van der Waals surface area (Å²) in [6, 6.07) is -0.858. The Labute approximate surface area is 165 Å². The van der Waals surface area contributed by atoms with Gasteiger partial charge in [-0.1, -0.05) is 13.0 Å². The molecule has 13 nitrogen and oxygen atoms in total. The molecule has 162 valence electrons. The second-order valence-corrected chi connectivity index (χ2v) is 5.89. The number of hydrogen-bond acceptors (Lipinski definition) is 9. The zero-order chi connectivity index (χ0) is 22.0. The summed E-state index contributed by atoms with van der Waals surface area (Å²) in [6.07, 6.45) is -0.382. The van der Waals surface area contributed by atoms with Crippen LogP contribution in [0.15, 0.2) is 12.2 Å². The van der Waals surface area contributed by atoms with E-state index in [9.17, 15) is 34.4 Å². The molecule has 0 aromatic rings. The molecule has 0 saturated carbocycles. The maximum atomic E-state index is 12.6. The van der Waals surface area contributed by atoms with Crippen LogP contribution in [0.5, 0.6) is 0 Å². The van der Waals surface area contributed by atoms with E-state index in [0.717, 1.165) is 6.92 Å². The van der Waals surface area contributed by atoms with Crippen molar-refractivity contribution in [3.63, 3.8) is 0 Å². The van der Waals surface area contributed by atoms with E-state index in [0.29, 0.717) is 24.3 Å². The van der Waals surface area contributed by atoms with Crippen molar-refractivity contribution < 1.29 is 43.7 Å². The molecule has 29 heavy (non-hydrogen) atoms. The summed E-state index contributed by atoms with van der Waals surface area (Å²) in [7, 11) is 0. The third-order valence-electron chi connectivity index (χ3n) is 3.90. The Balaban J connectivity index is 2.54. The van der Waals surface area contributed by atoms with Gasteiger partial charge >= 0.3 is 12.2 Å². The van der Waals surface area contributed by atoms with Crippen molar-refractivity contribution in [3.05, 3.63) is 22.3 Å². The van der Waals surface area contributed by atoms with Crippen molar-refractivity contribution in [2.24, 2.45) is 0 Å².